The molecule has 3 heterocycles. The number of aromatic amines is 1. The van der Waals surface area contributed by atoms with E-state index >= 15 is 0 Å². The van der Waals surface area contributed by atoms with Crippen LogP contribution in [0.1, 0.15) is 33.8 Å². The summed E-state index contributed by atoms with van der Waals surface area (Å²) in [5.41, 5.74) is 3.24. The van der Waals surface area contributed by atoms with Gasteiger partial charge in [-0.15, -0.1) is 0 Å². The molecule has 1 fully saturated rings. The number of benzene rings is 1. The number of aryl methyl sites for hydroxylation is 1. The maximum Gasteiger partial charge on any atom is 0.272 e. The van der Waals surface area contributed by atoms with Crippen LogP contribution in [0, 0.1) is 6.92 Å². The van der Waals surface area contributed by atoms with Crippen molar-refractivity contribution in [3.8, 4) is 11.3 Å². The number of methoxy groups -OCH3 is 1. The van der Waals surface area contributed by atoms with Crippen molar-refractivity contribution >= 4 is 5.91 Å². The number of hydrogen-bond donors (Lipinski definition) is 1. The highest BCUT2D eigenvalue weighted by Gasteiger charge is 2.33. The van der Waals surface area contributed by atoms with E-state index in [0.717, 1.165) is 11.3 Å². The van der Waals surface area contributed by atoms with Gasteiger partial charge in [0.2, 0.25) is 0 Å². The molecule has 1 aromatic carbocycles. The molecule has 1 saturated heterocycles. The van der Waals surface area contributed by atoms with E-state index in [9.17, 15) is 4.79 Å². The molecule has 3 aromatic rings. The fraction of sp³-hybridized carbons (Fsp3) is 0.368. The smallest absolute Gasteiger partial charge is 0.272 e. The first-order chi connectivity index (χ1) is 13.7. The van der Waals surface area contributed by atoms with Gasteiger partial charge in [0.1, 0.15) is 18.3 Å². The van der Waals surface area contributed by atoms with Crippen LogP contribution >= 0.6 is 0 Å². The molecule has 0 aliphatic carbocycles. The minimum absolute atomic E-state index is 0.183. The molecule has 1 aliphatic rings. The number of hydrogen-bond acceptors (Lipinski definition) is 7. The zero-order chi connectivity index (χ0) is 19.5. The SMILES string of the molecule is COCc1nc([C@@H]2COCCN2C(=O)c2cc(-c3ccc(C)cc3)n[nH]2)no1. The fourth-order valence-corrected chi connectivity index (χ4v) is 3.10. The van der Waals surface area contributed by atoms with E-state index in [2.05, 4.69) is 20.3 Å². The molecule has 0 spiro atoms. The van der Waals surface area contributed by atoms with E-state index in [0.29, 0.717) is 37.2 Å². The average Bonchev–Trinajstić information content (AvgIpc) is 3.38. The number of aromatic nitrogens is 4. The van der Waals surface area contributed by atoms with Crippen LogP contribution in [0.15, 0.2) is 34.9 Å². The number of morpholine rings is 1. The van der Waals surface area contributed by atoms with Gasteiger partial charge in [0.25, 0.3) is 11.8 Å². The molecule has 9 nitrogen and oxygen atoms in total. The van der Waals surface area contributed by atoms with Crippen molar-refractivity contribution in [3.05, 3.63) is 53.3 Å². The van der Waals surface area contributed by atoms with E-state index in [4.69, 9.17) is 14.0 Å². The number of nitrogens with zero attached hydrogens (tertiary/aromatic N) is 4. The van der Waals surface area contributed by atoms with E-state index in [-0.39, 0.29) is 12.5 Å². The third kappa shape index (κ3) is 3.67. The Morgan fingerprint density at radius 3 is 2.96 bits per heavy atom. The van der Waals surface area contributed by atoms with Crippen LogP contribution in [-0.2, 0) is 16.1 Å². The van der Waals surface area contributed by atoms with Crippen molar-refractivity contribution in [2.24, 2.45) is 0 Å². The highest BCUT2D eigenvalue weighted by atomic mass is 16.5. The largest absolute Gasteiger partial charge is 0.377 e. The Balaban J connectivity index is 1.56. The molecule has 1 aliphatic heterocycles. The molecule has 28 heavy (non-hydrogen) atoms. The normalized spacial score (nSPS) is 17.1. The van der Waals surface area contributed by atoms with Crippen LogP contribution in [0.25, 0.3) is 11.3 Å². The maximum atomic E-state index is 13.1. The summed E-state index contributed by atoms with van der Waals surface area (Å²) in [5.74, 6) is 0.578. The number of nitrogens with one attached hydrogen (secondary N) is 1. The lowest BCUT2D eigenvalue weighted by atomic mass is 10.1. The Morgan fingerprint density at radius 2 is 2.18 bits per heavy atom. The first-order valence-corrected chi connectivity index (χ1v) is 8.98. The molecule has 1 amide bonds. The van der Waals surface area contributed by atoms with E-state index in [1.807, 2.05) is 31.2 Å². The quantitative estimate of drug-likeness (QED) is 0.719. The zero-order valence-corrected chi connectivity index (χ0v) is 15.7. The summed E-state index contributed by atoms with van der Waals surface area (Å²) in [6.07, 6.45) is 0. The summed E-state index contributed by atoms with van der Waals surface area (Å²) in [4.78, 5) is 19.1. The van der Waals surface area contributed by atoms with Gasteiger partial charge in [-0.2, -0.15) is 10.1 Å². The molecular weight excluding hydrogens is 362 g/mol. The van der Waals surface area contributed by atoms with Crippen molar-refractivity contribution in [1.29, 1.82) is 0 Å². The van der Waals surface area contributed by atoms with Gasteiger partial charge in [0.05, 0.1) is 18.9 Å². The van der Waals surface area contributed by atoms with Crippen molar-refractivity contribution in [1.82, 2.24) is 25.2 Å². The van der Waals surface area contributed by atoms with Gasteiger partial charge in [-0.1, -0.05) is 35.0 Å². The van der Waals surface area contributed by atoms with Crippen LogP contribution in [0.3, 0.4) is 0 Å². The van der Waals surface area contributed by atoms with E-state index < -0.39 is 6.04 Å². The molecular formula is C19H21N5O4. The Morgan fingerprint density at radius 1 is 1.36 bits per heavy atom. The molecule has 0 radical (unpaired) electrons. The lowest BCUT2D eigenvalue weighted by molar-refractivity contribution is -0.00607. The van der Waals surface area contributed by atoms with Crippen LogP contribution in [0.2, 0.25) is 0 Å². The number of H-pyrrole nitrogens is 1. The first kappa shape index (κ1) is 18.3. The minimum Gasteiger partial charge on any atom is -0.377 e. The predicted molar refractivity (Wildman–Crippen MR) is 98.4 cm³/mol. The lowest BCUT2D eigenvalue weighted by Gasteiger charge is -2.33. The van der Waals surface area contributed by atoms with Crippen molar-refractivity contribution < 1.29 is 18.8 Å². The topological polar surface area (TPSA) is 106 Å². The van der Waals surface area contributed by atoms with E-state index in [1.165, 1.54) is 5.56 Å². The molecule has 1 atom stereocenters. The Hall–Kier alpha value is -3.04. The fourth-order valence-electron chi connectivity index (χ4n) is 3.10. The van der Waals surface area contributed by atoms with Crippen LogP contribution in [0.4, 0.5) is 0 Å². The zero-order valence-electron chi connectivity index (χ0n) is 15.7. The monoisotopic (exact) mass is 383 g/mol. The lowest BCUT2D eigenvalue weighted by Crippen LogP contribution is -2.44. The van der Waals surface area contributed by atoms with Gasteiger partial charge >= 0.3 is 0 Å². The molecule has 4 rings (SSSR count). The van der Waals surface area contributed by atoms with Gasteiger partial charge in [-0.3, -0.25) is 9.89 Å². The maximum absolute atomic E-state index is 13.1. The Bertz CT molecular complexity index is 949. The predicted octanol–water partition coefficient (Wildman–Crippen LogP) is 2.13. The molecule has 146 valence electrons. The number of ether oxygens (including phenoxy) is 2. The van der Waals surface area contributed by atoms with Crippen molar-refractivity contribution in [2.75, 3.05) is 26.9 Å². The molecule has 0 unspecified atom stereocenters. The van der Waals surface area contributed by atoms with Gasteiger partial charge in [-0.25, -0.2) is 0 Å². The minimum atomic E-state index is -0.429. The standard InChI is InChI=1S/C19H21N5O4/c1-12-3-5-13(6-4-12)14-9-15(22-21-14)19(25)24-7-8-27-10-16(24)18-20-17(11-26-2)28-23-18/h3-6,9,16H,7-8,10-11H2,1-2H3,(H,21,22)/t16-/m0/s1. The highest BCUT2D eigenvalue weighted by Crippen LogP contribution is 2.25. The number of carbonyl (C=O) groups excluding carboxylic acids is 1. The second kappa shape index (κ2) is 7.91. The van der Waals surface area contributed by atoms with E-state index in [1.54, 1.807) is 18.1 Å². The second-order valence-electron chi connectivity index (χ2n) is 6.60. The summed E-state index contributed by atoms with van der Waals surface area (Å²) in [6.45, 7) is 3.42. The van der Waals surface area contributed by atoms with Crippen LogP contribution in [0.5, 0.6) is 0 Å². The summed E-state index contributed by atoms with van der Waals surface area (Å²) in [5, 5.41) is 11.1. The van der Waals surface area contributed by atoms with Gasteiger partial charge < -0.3 is 18.9 Å². The molecule has 0 bridgehead atoms. The van der Waals surface area contributed by atoms with Crippen LogP contribution in [-0.4, -0.2) is 58.0 Å². The van der Waals surface area contributed by atoms with Crippen LogP contribution < -0.4 is 0 Å². The molecule has 1 N–H and O–H groups in total. The Labute approximate surface area is 161 Å². The van der Waals surface area contributed by atoms with Crippen molar-refractivity contribution in [2.45, 2.75) is 19.6 Å². The summed E-state index contributed by atoms with van der Waals surface area (Å²) >= 11 is 0. The molecule has 0 saturated carbocycles. The molecule has 2 aromatic heterocycles. The number of amides is 1. The van der Waals surface area contributed by atoms with Gasteiger partial charge in [-0.05, 0) is 13.0 Å². The highest BCUT2D eigenvalue weighted by molar-refractivity contribution is 5.93. The summed E-state index contributed by atoms with van der Waals surface area (Å²) < 4.78 is 15.7. The van der Waals surface area contributed by atoms with Gasteiger partial charge in [0, 0.05) is 19.2 Å². The second-order valence-corrected chi connectivity index (χ2v) is 6.60. The Kier molecular flexibility index (Phi) is 5.18. The average molecular weight is 383 g/mol. The van der Waals surface area contributed by atoms with Gasteiger partial charge in [0.15, 0.2) is 5.82 Å². The first-order valence-electron chi connectivity index (χ1n) is 8.98. The molecule has 9 heteroatoms. The number of carbonyl (C=O) groups is 1. The van der Waals surface area contributed by atoms with Crippen molar-refractivity contribution in [3.63, 3.8) is 0 Å². The summed E-state index contributed by atoms with van der Waals surface area (Å²) in [7, 11) is 1.55. The summed E-state index contributed by atoms with van der Waals surface area (Å²) in [6, 6.07) is 9.31. The third-order valence-electron chi connectivity index (χ3n) is 4.59. The third-order valence-corrected chi connectivity index (χ3v) is 4.59. The number of rotatable bonds is 5.